The van der Waals surface area contributed by atoms with E-state index in [1.54, 1.807) is 20.4 Å². The zero-order valence-electron chi connectivity index (χ0n) is 21.8. The molecule has 37 heavy (non-hydrogen) atoms. The molecule has 198 valence electrons. The van der Waals surface area contributed by atoms with E-state index < -0.39 is 8.15 Å². The van der Waals surface area contributed by atoms with Gasteiger partial charge in [0.05, 0.1) is 39.4 Å². The zero-order valence-corrected chi connectivity index (χ0v) is 23.4. The van der Waals surface area contributed by atoms with Crippen LogP contribution in [0.4, 0.5) is 23.1 Å². The van der Waals surface area contributed by atoms with Crippen molar-refractivity contribution in [2.24, 2.45) is 0 Å². The number of fused-ring (bicyclic) bond motifs is 1. The number of hydrogen-bond acceptors (Lipinski definition) is 9. The Morgan fingerprint density at radius 1 is 1.03 bits per heavy atom. The average Bonchev–Trinajstić information content (AvgIpc) is 2.86. The standard InChI is InChI=1S/C26H33ClN5O4P/c1-32-9-8-17-13-23(34-3)22(12-18(17)16-32)30-26-28-15-20(27)25(31-26)29-21-7-6-19(35-11-10-33-2)14-24(21)36-37(4)5/h6-7,12-15H,8-11,16H2,1-5H3,(H2,28,29,30,31). The minimum atomic E-state index is -0.672. The highest BCUT2D eigenvalue weighted by atomic mass is 35.5. The highest BCUT2D eigenvalue weighted by Gasteiger charge is 2.18. The second-order valence-electron chi connectivity index (χ2n) is 8.85. The first-order valence-electron chi connectivity index (χ1n) is 11.9. The van der Waals surface area contributed by atoms with E-state index in [4.69, 9.17) is 30.3 Å². The van der Waals surface area contributed by atoms with Gasteiger partial charge in [-0.15, -0.1) is 0 Å². The Hall–Kier alpha value is -2.84. The van der Waals surface area contributed by atoms with Crippen molar-refractivity contribution in [2.45, 2.75) is 13.0 Å². The molecule has 3 aromatic rings. The van der Waals surface area contributed by atoms with Gasteiger partial charge in [-0.05, 0) is 62.2 Å². The van der Waals surface area contributed by atoms with Gasteiger partial charge in [0, 0.05) is 26.3 Å². The van der Waals surface area contributed by atoms with Crippen molar-refractivity contribution in [1.82, 2.24) is 14.9 Å². The van der Waals surface area contributed by atoms with Gasteiger partial charge in [0.1, 0.15) is 28.9 Å². The maximum atomic E-state index is 6.47. The molecule has 1 aliphatic rings. The summed E-state index contributed by atoms with van der Waals surface area (Å²) < 4.78 is 22.6. The number of ether oxygens (including phenoxy) is 3. The largest absolute Gasteiger partial charge is 0.495 e. The van der Waals surface area contributed by atoms with Gasteiger partial charge < -0.3 is 34.3 Å². The molecule has 0 atom stereocenters. The van der Waals surface area contributed by atoms with E-state index in [0.29, 0.717) is 41.5 Å². The number of benzene rings is 2. The Morgan fingerprint density at radius 3 is 2.62 bits per heavy atom. The molecule has 0 spiro atoms. The summed E-state index contributed by atoms with van der Waals surface area (Å²) in [6, 6.07) is 9.79. The Kier molecular flexibility index (Phi) is 9.27. The molecular formula is C26H33ClN5O4P. The second-order valence-corrected chi connectivity index (χ2v) is 11.1. The zero-order chi connectivity index (χ0) is 26.4. The van der Waals surface area contributed by atoms with Gasteiger partial charge in [0.15, 0.2) is 5.82 Å². The highest BCUT2D eigenvalue weighted by Crippen LogP contribution is 2.40. The van der Waals surface area contributed by atoms with Crippen molar-refractivity contribution in [3.8, 4) is 17.2 Å². The number of anilines is 4. The Morgan fingerprint density at radius 2 is 1.86 bits per heavy atom. The molecule has 11 heteroatoms. The third-order valence-electron chi connectivity index (χ3n) is 5.76. The number of nitrogens with one attached hydrogen (secondary N) is 2. The third-order valence-corrected chi connectivity index (χ3v) is 6.60. The molecule has 0 saturated carbocycles. The predicted octanol–water partition coefficient (Wildman–Crippen LogP) is 5.67. The molecule has 2 aromatic carbocycles. The summed E-state index contributed by atoms with van der Waals surface area (Å²) >= 11 is 6.47. The number of methoxy groups -OCH3 is 2. The minimum absolute atomic E-state index is 0.381. The quantitative estimate of drug-likeness (QED) is 0.233. The van der Waals surface area contributed by atoms with Crippen molar-refractivity contribution < 1.29 is 18.7 Å². The van der Waals surface area contributed by atoms with Gasteiger partial charge in [-0.25, -0.2) is 4.98 Å². The maximum Gasteiger partial charge on any atom is 0.229 e. The first-order valence-corrected chi connectivity index (χ1v) is 14.5. The van der Waals surface area contributed by atoms with Crippen molar-refractivity contribution in [1.29, 1.82) is 0 Å². The molecule has 0 bridgehead atoms. The molecule has 0 amide bonds. The van der Waals surface area contributed by atoms with Crippen molar-refractivity contribution >= 4 is 42.9 Å². The summed E-state index contributed by atoms with van der Waals surface area (Å²) in [4.78, 5) is 11.3. The van der Waals surface area contributed by atoms with Crippen LogP contribution in [0.3, 0.4) is 0 Å². The van der Waals surface area contributed by atoms with Gasteiger partial charge in [0.25, 0.3) is 0 Å². The Labute approximate surface area is 224 Å². The fourth-order valence-corrected chi connectivity index (χ4v) is 4.65. The molecule has 2 N–H and O–H groups in total. The van der Waals surface area contributed by atoms with Crippen molar-refractivity contribution in [2.75, 3.05) is 65.0 Å². The smallest absolute Gasteiger partial charge is 0.229 e. The molecule has 0 aliphatic carbocycles. The summed E-state index contributed by atoms with van der Waals surface area (Å²) in [5.41, 5.74) is 4.08. The highest BCUT2D eigenvalue weighted by molar-refractivity contribution is 7.51. The van der Waals surface area contributed by atoms with Gasteiger partial charge in [0.2, 0.25) is 5.95 Å². The fourth-order valence-electron chi connectivity index (χ4n) is 3.97. The molecule has 9 nitrogen and oxygen atoms in total. The number of likely N-dealkylation sites (N-methyl/N-ethyl adjacent to an activating group) is 1. The van der Waals surface area contributed by atoms with E-state index in [1.165, 1.54) is 11.1 Å². The van der Waals surface area contributed by atoms with Crippen LogP contribution in [0.5, 0.6) is 17.2 Å². The van der Waals surface area contributed by atoms with Gasteiger partial charge >= 0.3 is 0 Å². The molecule has 0 fully saturated rings. The molecule has 0 saturated heterocycles. The molecule has 1 aromatic heterocycles. The lowest BCUT2D eigenvalue weighted by Gasteiger charge is -2.26. The van der Waals surface area contributed by atoms with Crippen LogP contribution < -0.4 is 24.6 Å². The SMILES string of the molecule is COCCOc1ccc(Nc2nc(Nc3cc4c(cc3OC)CCN(C)C4)ncc2Cl)c(OP(C)C)c1. The van der Waals surface area contributed by atoms with Crippen LogP contribution in [-0.4, -0.2) is 69.2 Å². The van der Waals surface area contributed by atoms with Crippen LogP contribution in [0.2, 0.25) is 5.02 Å². The van der Waals surface area contributed by atoms with Gasteiger partial charge in [-0.3, -0.25) is 0 Å². The monoisotopic (exact) mass is 545 g/mol. The number of hydrogen-bond donors (Lipinski definition) is 2. The summed E-state index contributed by atoms with van der Waals surface area (Å²) in [5.74, 6) is 2.93. The lowest BCUT2D eigenvalue weighted by atomic mass is 9.99. The van der Waals surface area contributed by atoms with Crippen LogP contribution in [0.25, 0.3) is 0 Å². The predicted molar refractivity (Wildman–Crippen MR) is 150 cm³/mol. The summed E-state index contributed by atoms with van der Waals surface area (Å²) in [5, 5.41) is 6.98. The Bertz CT molecular complexity index is 1230. The molecule has 0 radical (unpaired) electrons. The minimum Gasteiger partial charge on any atom is -0.495 e. The van der Waals surface area contributed by atoms with E-state index in [2.05, 4.69) is 44.7 Å². The first-order chi connectivity index (χ1) is 17.9. The van der Waals surface area contributed by atoms with E-state index in [-0.39, 0.29) is 0 Å². The molecule has 2 heterocycles. The number of aromatic nitrogens is 2. The Balaban J connectivity index is 1.58. The van der Waals surface area contributed by atoms with E-state index in [1.807, 2.05) is 31.5 Å². The second kappa shape index (κ2) is 12.6. The molecule has 1 aliphatic heterocycles. The van der Waals surface area contributed by atoms with Crippen LogP contribution in [-0.2, 0) is 17.7 Å². The van der Waals surface area contributed by atoms with Gasteiger partial charge in [-0.1, -0.05) is 11.6 Å². The summed E-state index contributed by atoms with van der Waals surface area (Å²) in [6.45, 7) is 6.92. The van der Waals surface area contributed by atoms with Crippen LogP contribution in [0, 0.1) is 0 Å². The lowest BCUT2D eigenvalue weighted by molar-refractivity contribution is 0.146. The molecule has 4 rings (SSSR count). The normalized spacial score (nSPS) is 13.3. The fraction of sp³-hybridized carbons (Fsp3) is 0.385. The number of rotatable bonds is 11. The van der Waals surface area contributed by atoms with Crippen LogP contribution >= 0.6 is 19.7 Å². The van der Waals surface area contributed by atoms with Crippen molar-refractivity contribution in [3.05, 3.63) is 52.7 Å². The molecular weight excluding hydrogens is 513 g/mol. The number of nitrogens with zero attached hydrogens (tertiary/aromatic N) is 3. The van der Waals surface area contributed by atoms with E-state index in [0.717, 1.165) is 36.6 Å². The van der Waals surface area contributed by atoms with E-state index >= 15 is 0 Å². The first kappa shape index (κ1) is 27.2. The third kappa shape index (κ3) is 7.14. The van der Waals surface area contributed by atoms with E-state index in [9.17, 15) is 0 Å². The van der Waals surface area contributed by atoms with Gasteiger partial charge in [-0.2, -0.15) is 4.98 Å². The van der Waals surface area contributed by atoms with Crippen LogP contribution in [0.15, 0.2) is 36.5 Å². The number of halogens is 1. The topological polar surface area (TPSA) is 90.0 Å². The van der Waals surface area contributed by atoms with Crippen molar-refractivity contribution in [3.63, 3.8) is 0 Å². The van der Waals surface area contributed by atoms with Crippen LogP contribution in [0.1, 0.15) is 11.1 Å². The molecule has 0 unspecified atom stereocenters. The summed E-state index contributed by atoms with van der Waals surface area (Å²) in [7, 11) is 4.75. The lowest BCUT2D eigenvalue weighted by Crippen LogP contribution is -2.26. The average molecular weight is 546 g/mol. The summed E-state index contributed by atoms with van der Waals surface area (Å²) in [6.07, 6.45) is 2.56. The maximum absolute atomic E-state index is 6.47.